The Morgan fingerprint density at radius 3 is 2.77 bits per heavy atom. The minimum atomic E-state index is -0.451. The lowest BCUT2D eigenvalue weighted by Gasteiger charge is -2.17. The van der Waals surface area contributed by atoms with E-state index in [9.17, 15) is 0 Å². The van der Waals surface area contributed by atoms with Crippen LogP contribution in [-0.4, -0.2) is 30.5 Å². The van der Waals surface area contributed by atoms with E-state index in [2.05, 4.69) is 10.1 Å². The molecule has 3 rings (SSSR count). The van der Waals surface area contributed by atoms with Crippen LogP contribution in [0.25, 0.3) is 11.5 Å². The normalized spacial score (nSPS) is 16.8. The van der Waals surface area contributed by atoms with E-state index in [1.165, 1.54) is 0 Å². The number of nitrogens with zero attached hydrogens (tertiary/aromatic N) is 2. The van der Waals surface area contributed by atoms with Crippen molar-refractivity contribution in [1.29, 1.82) is 0 Å². The molecule has 2 aromatic rings. The van der Waals surface area contributed by atoms with Crippen molar-refractivity contribution in [2.75, 3.05) is 20.3 Å². The largest absolute Gasteiger partial charge is 0.490 e. The molecule has 1 fully saturated rings. The van der Waals surface area contributed by atoms with Gasteiger partial charge < -0.3 is 19.7 Å². The molecule has 0 aliphatic heterocycles. The molecule has 22 heavy (non-hydrogen) atoms. The molecule has 1 aromatic carbocycles. The van der Waals surface area contributed by atoms with Gasteiger partial charge in [-0.3, -0.25) is 0 Å². The molecule has 0 bridgehead atoms. The van der Waals surface area contributed by atoms with Crippen molar-refractivity contribution in [2.45, 2.75) is 31.2 Å². The Hall–Kier alpha value is -1.92. The zero-order valence-corrected chi connectivity index (χ0v) is 12.7. The van der Waals surface area contributed by atoms with E-state index in [1.54, 1.807) is 7.11 Å². The number of rotatable bonds is 6. The summed E-state index contributed by atoms with van der Waals surface area (Å²) in [5.41, 5.74) is 6.70. The van der Waals surface area contributed by atoms with E-state index in [-0.39, 0.29) is 0 Å². The zero-order chi connectivity index (χ0) is 15.4. The number of para-hydroxylation sites is 1. The summed E-state index contributed by atoms with van der Waals surface area (Å²) in [7, 11) is 1.64. The van der Waals surface area contributed by atoms with Crippen LogP contribution in [-0.2, 0) is 10.3 Å². The van der Waals surface area contributed by atoms with Gasteiger partial charge >= 0.3 is 0 Å². The summed E-state index contributed by atoms with van der Waals surface area (Å²) >= 11 is 0. The van der Waals surface area contributed by atoms with Gasteiger partial charge in [-0.15, -0.1) is 0 Å². The molecule has 0 atom stereocenters. The van der Waals surface area contributed by atoms with E-state index in [1.807, 2.05) is 24.3 Å². The summed E-state index contributed by atoms with van der Waals surface area (Å²) in [6.07, 6.45) is 4.02. The van der Waals surface area contributed by atoms with Crippen molar-refractivity contribution >= 4 is 0 Å². The maximum atomic E-state index is 6.38. The number of benzene rings is 1. The first-order valence-electron chi connectivity index (χ1n) is 7.57. The second-order valence-corrected chi connectivity index (χ2v) is 5.62. The molecule has 1 heterocycles. The van der Waals surface area contributed by atoms with Crippen LogP contribution in [0.15, 0.2) is 28.8 Å². The van der Waals surface area contributed by atoms with Crippen LogP contribution in [0.1, 0.15) is 31.5 Å². The van der Waals surface area contributed by atoms with E-state index >= 15 is 0 Å². The average Bonchev–Trinajstić information content (AvgIpc) is 3.18. The van der Waals surface area contributed by atoms with Gasteiger partial charge in [-0.2, -0.15) is 4.98 Å². The predicted molar refractivity (Wildman–Crippen MR) is 81.4 cm³/mol. The van der Waals surface area contributed by atoms with Crippen LogP contribution in [0.5, 0.6) is 5.75 Å². The maximum absolute atomic E-state index is 6.38. The number of nitrogens with two attached hydrogens (primary N) is 1. The van der Waals surface area contributed by atoms with Crippen LogP contribution in [0.2, 0.25) is 0 Å². The number of ether oxygens (including phenoxy) is 2. The van der Waals surface area contributed by atoms with Gasteiger partial charge in [-0.05, 0) is 25.0 Å². The highest BCUT2D eigenvalue weighted by atomic mass is 16.5. The minimum absolute atomic E-state index is 0.444. The van der Waals surface area contributed by atoms with Crippen molar-refractivity contribution in [3.8, 4) is 17.2 Å². The lowest BCUT2D eigenvalue weighted by Crippen LogP contribution is -2.34. The maximum Gasteiger partial charge on any atom is 0.261 e. The Labute approximate surface area is 129 Å². The van der Waals surface area contributed by atoms with Gasteiger partial charge in [0, 0.05) is 7.11 Å². The van der Waals surface area contributed by atoms with Gasteiger partial charge in [0.15, 0.2) is 5.82 Å². The van der Waals surface area contributed by atoms with Crippen molar-refractivity contribution < 1.29 is 14.0 Å². The Balaban J connectivity index is 1.84. The SMILES string of the molecule is COCCOc1ccccc1-c1nc(C2(N)CCCC2)no1. The highest BCUT2D eigenvalue weighted by Gasteiger charge is 2.36. The molecule has 0 spiro atoms. The lowest BCUT2D eigenvalue weighted by molar-refractivity contribution is 0.146. The third-order valence-electron chi connectivity index (χ3n) is 4.03. The predicted octanol–water partition coefficient (Wildman–Crippen LogP) is 2.49. The molecule has 6 heteroatoms. The van der Waals surface area contributed by atoms with Crippen molar-refractivity contribution in [3.05, 3.63) is 30.1 Å². The first-order valence-corrected chi connectivity index (χ1v) is 7.57. The average molecular weight is 303 g/mol. The zero-order valence-electron chi connectivity index (χ0n) is 12.7. The topological polar surface area (TPSA) is 83.4 Å². The fourth-order valence-corrected chi connectivity index (χ4v) is 2.77. The lowest BCUT2D eigenvalue weighted by atomic mass is 9.99. The molecule has 0 radical (unpaired) electrons. The van der Waals surface area contributed by atoms with Crippen molar-refractivity contribution in [1.82, 2.24) is 10.1 Å². The fraction of sp³-hybridized carbons (Fsp3) is 0.500. The first kappa shape index (κ1) is 15.0. The van der Waals surface area contributed by atoms with Gasteiger partial charge in [-0.25, -0.2) is 0 Å². The Bertz CT molecular complexity index is 621. The van der Waals surface area contributed by atoms with Crippen LogP contribution < -0.4 is 10.5 Å². The molecule has 6 nitrogen and oxygen atoms in total. The summed E-state index contributed by atoms with van der Waals surface area (Å²) < 4.78 is 16.1. The van der Waals surface area contributed by atoms with Crippen LogP contribution >= 0.6 is 0 Å². The molecule has 0 unspecified atom stereocenters. The van der Waals surface area contributed by atoms with Gasteiger partial charge in [0.05, 0.1) is 17.7 Å². The van der Waals surface area contributed by atoms with Gasteiger partial charge in [-0.1, -0.05) is 30.1 Å². The number of hydrogen-bond donors (Lipinski definition) is 1. The molecule has 1 aromatic heterocycles. The summed E-state index contributed by atoms with van der Waals surface area (Å²) in [6, 6.07) is 7.60. The molecular weight excluding hydrogens is 282 g/mol. The van der Waals surface area contributed by atoms with Crippen molar-refractivity contribution in [2.24, 2.45) is 5.73 Å². The van der Waals surface area contributed by atoms with Crippen molar-refractivity contribution in [3.63, 3.8) is 0 Å². The monoisotopic (exact) mass is 303 g/mol. The third-order valence-corrected chi connectivity index (χ3v) is 4.03. The number of methoxy groups -OCH3 is 1. The highest BCUT2D eigenvalue weighted by Crippen LogP contribution is 2.36. The smallest absolute Gasteiger partial charge is 0.261 e. The second-order valence-electron chi connectivity index (χ2n) is 5.62. The molecule has 1 aliphatic carbocycles. The molecule has 118 valence electrons. The molecule has 1 aliphatic rings. The summed E-state index contributed by atoms with van der Waals surface area (Å²) in [5.74, 6) is 1.73. The van der Waals surface area contributed by atoms with Crippen LogP contribution in [0.4, 0.5) is 0 Å². The fourth-order valence-electron chi connectivity index (χ4n) is 2.77. The van der Waals surface area contributed by atoms with Gasteiger partial charge in [0.1, 0.15) is 12.4 Å². The standard InChI is InChI=1S/C16H21N3O3/c1-20-10-11-21-13-7-3-2-6-12(13)14-18-15(19-22-14)16(17)8-4-5-9-16/h2-3,6-7H,4-5,8-11,17H2,1H3. The second kappa shape index (κ2) is 6.46. The van der Waals surface area contributed by atoms with E-state index in [4.69, 9.17) is 19.7 Å². The Morgan fingerprint density at radius 1 is 1.23 bits per heavy atom. The van der Waals surface area contributed by atoms with E-state index < -0.39 is 5.54 Å². The molecule has 1 saturated carbocycles. The number of aromatic nitrogens is 2. The summed E-state index contributed by atoms with van der Waals surface area (Å²) in [4.78, 5) is 4.51. The van der Waals surface area contributed by atoms with Crippen LogP contribution in [0, 0.1) is 0 Å². The Kier molecular flexibility index (Phi) is 4.40. The summed E-state index contributed by atoms with van der Waals surface area (Å²) in [6.45, 7) is 0.991. The van der Waals surface area contributed by atoms with Gasteiger partial charge in [0.2, 0.25) is 0 Å². The van der Waals surface area contributed by atoms with Crippen LogP contribution in [0.3, 0.4) is 0 Å². The molecular formula is C16H21N3O3. The highest BCUT2D eigenvalue weighted by molar-refractivity contribution is 5.62. The van der Waals surface area contributed by atoms with E-state index in [0.29, 0.717) is 30.7 Å². The molecule has 0 amide bonds. The van der Waals surface area contributed by atoms with E-state index in [0.717, 1.165) is 31.2 Å². The first-order chi connectivity index (χ1) is 10.7. The third kappa shape index (κ3) is 2.98. The quantitative estimate of drug-likeness (QED) is 0.825. The molecule has 0 saturated heterocycles. The van der Waals surface area contributed by atoms with Gasteiger partial charge in [0.25, 0.3) is 5.89 Å². The Morgan fingerprint density at radius 2 is 2.00 bits per heavy atom. The molecule has 2 N–H and O–H groups in total. The number of hydrogen-bond acceptors (Lipinski definition) is 6. The summed E-state index contributed by atoms with van der Waals surface area (Å²) in [5, 5.41) is 4.09. The minimum Gasteiger partial charge on any atom is -0.490 e.